The summed E-state index contributed by atoms with van der Waals surface area (Å²) in [6.07, 6.45) is 59.9. The fourth-order valence-electron chi connectivity index (χ4n) is 7.77. The van der Waals surface area contributed by atoms with Crippen LogP contribution >= 0.6 is 0 Å². The highest BCUT2D eigenvalue weighted by Crippen LogP contribution is 2.16. The van der Waals surface area contributed by atoms with E-state index in [2.05, 4.69) is 57.2 Å². The molecule has 1 atom stereocenters. The van der Waals surface area contributed by atoms with Crippen LogP contribution in [0.5, 0.6) is 0 Å². The Bertz CT molecular complexity index is 1050. The van der Waals surface area contributed by atoms with E-state index in [-0.39, 0.29) is 31.1 Å². The number of hydrogen-bond donors (Lipinski definition) is 0. The normalized spacial score (nSPS) is 12.2. The van der Waals surface area contributed by atoms with E-state index in [0.717, 1.165) is 96.3 Å². The molecule has 1 unspecified atom stereocenters. The van der Waals surface area contributed by atoms with E-state index >= 15 is 0 Å². The third kappa shape index (κ3) is 48.7. The van der Waals surface area contributed by atoms with Crippen molar-refractivity contribution >= 4 is 17.9 Å². The van der Waals surface area contributed by atoms with Crippen LogP contribution in [0.1, 0.15) is 284 Å². The van der Waals surface area contributed by atoms with Gasteiger partial charge in [-0.25, -0.2) is 0 Å². The molecular weight excluding hydrogens is 769 g/mol. The average molecular weight is 871 g/mol. The van der Waals surface area contributed by atoms with Gasteiger partial charge in [-0.05, 0) is 70.6 Å². The van der Waals surface area contributed by atoms with Gasteiger partial charge in [0.05, 0.1) is 0 Å². The number of esters is 3. The first-order valence-corrected chi connectivity index (χ1v) is 27.0. The van der Waals surface area contributed by atoms with Gasteiger partial charge in [-0.1, -0.05) is 231 Å². The Morgan fingerprint density at radius 1 is 0.323 bits per heavy atom. The van der Waals surface area contributed by atoms with E-state index in [1.807, 2.05) is 0 Å². The standard InChI is InChI=1S/C56H102O6/c1-4-7-10-13-16-19-22-25-26-27-28-29-30-32-34-37-40-43-46-49-55(58)61-52-53(51-60-54(57)48-45-42-39-36-33-24-21-18-15-12-9-6-3)62-56(59)50-47-44-41-38-35-31-23-20-17-14-11-8-5-2/h11,14,18,20-21,23,53H,4-10,12-13,15-17,19,22,24-52H2,1-3H3/b14-11-,21-18-,23-20-. The SMILES string of the molecule is CCC/C=C\C/C=C\CCCCCCCC(=O)OC(COC(=O)CCCCCCC/C=C\CCCCC)COC(=O)CCCCCCCCCCCCCCCCCCCCC. The van der Waals surface area contributed by atoms with E-state index in [1.165, 1.54) is 148 Å². The average Bonchev–Trinajstić information content (AvgIpc) is 3.27. The summed E-state index contributed by atoms with van der Waals surface area (Å²) in [4.78, 5) is 38.0. The zero-order valence-corrected chi connectivity index (χ0v) is 41.4. The summed E-state index contributed by atoms with van der Waals surface area (Å²) in [5.41, 5.74) is 0. The molecule has 0 aromatic heterocycles. The first-order chi connectivity index (χ1) is 30.5. The maximum atomic E-state index is 12.8. The zero-order chi connectivity index (χ0) is 45.1. The second kappa shape index (κ2) is 51.3. The van der Waals surface area contributed by atoms with Crippen LogP contribution in [0.2, 0.25) is 0 Å². The van der Waals surface area contributed by atoms with Crippen LogP contribution in [-0.2, 0) is 28.6 Å². The second-order valence-electron chi connectivity index (χ2n) is 18.1. The molecule has 6 nitrogen and oxygen atoms in total. The molecule has 0 radical (unpaired) electrons. The smallest absolute Gasteiger partial charge is 0.306 e. The summed E-state index contributed by atoms with van der Waals surface area (Å²) in [5.74, 6) is -0.890. The number of carbonyl (C=O) groups excluding carboxylic acids is 3. The highest BCUT2D eigenvalue weighted by molar-refractivity contribution is 5.71. The lowest BCUT2D eigenvalue weighted by molar-refractivity contribution is -0.167. The number of unbranched alkanes of at least 4 members (excludes halogenated alkanes) is 32. The van der Waals surface area contributed by atoms with Crippen molar-refractivity contribution in [2.24, 2.45) is 0 Å². The Balaban J connectivity index is 4.30. The van der Waals surface area contributed by atoms with Gasteiger partial charge in [0.2, 0.25) is 0 Å². The van der Waals surface area contributed by atoms with Crippen LogP contribution in [0.4, 0.5) is 0 Å². The Morgan fingerprint density at radius 3 is 1.00 bits per heavy atom. The quantitative estimate of drug-likeness (QED) is 0.0262. The van der Waals surface area contributed by atoms with Gasteiger partial charge in [0, 0.05) is 19.3 Å². The minimum Gasteiger partial charge on any atom is -0.462 e. The van der Waals surface area contributed by atoms with Crippen molar-refractivity contribution in [1.82, 2.24) is 0 Å². The lowest BCUT2D eigenvalue weighted by atomic mass is 10.0. The molecule has 62 heavy (non-hydrogen) atoms. The van der Waals surface area contributed by atoms with Gasteiger partial charge in [0.25, 0.3) is 0 Å². The van der Waals surface area contributed by atoms with E-state index in [9.17, 15) is 14.4 Å². The molecule has 0 amide bonds. The highest BCUT2D eigenvalue weighted by Gasteiger charge is 2.19. The van der Waals surface area contributed by atoms with Gasteiger partial charge in [0.1, 0.15) is 13.2 Å². The Labute approximate surface area is 385 Å². The Morgan fingerprint density at radius 2 is 0.613 bits per heavy atom. The van der Waals surface area contributed by atoms with Crippen molar-refractivity contribution in [2.75, 3.05) is 13.2 Å². The number of carbonyl (C=O) groups is 3. The lowest BCUT2D eigenvalue weighted by Gasteiger charge is -2.18. The van der Waals surface area contributed by atoms with Gasteiger partial charge < -0.3 is 14.2 Å². The minimum atomic E-state index is -0.779. The molecule has 0 aromatic carbocycles. The first kappa shape index (κ1) is 59.6. The Kier molecular flexibility index (Phi) is 49.3. The molecule has 0 saturated carbocycles. The van der Waals surface area contributed by atoms with Gasteiger partial charge in [-0.3, -0.25) is 14.4 Å². The molecular formula is C56H102O6. The molecule has 0 aliphatic heterocycles. The second-order valence-corrected chi connectivity index (χ2v) is 18.1. The molecule has 0 spiro atoms. The number of ether oxygens (including phenoxy) is 3. The molecule has 0 bridgehead atoms. The van der Waals surface area contributed by atoms with Crippen LogP contribution in [0.3, 0.4) is 0 Å². The third-order valence-corrected chi connectivity index (χ3v) is 11.8. The van der Waals surface area contributed by atoms with Gasteiger partial charge >= 0.3 is 17.9 Å². The molecule has 362 valence electrons. The summed E-state index contributed by atoms with van der Waals surface area (Å²) in [6, 6.07) is 0. The van der Waals surface area contributed by atoms with Crippen molar-refractivity contribution in [1.29, 1.82) is 0 Å². The molecule has 0 saturated heterocycles. The zero-order valence-electron chi connectivity index (χ0n) is 41.4. The van der Waals surface area contributed by atoms with Crippen molar-refractivity contribution < 1.29 is 28.6 Å². The predicted molar refractivity (Wildman–Crippen MR) is 266 cm³/mol. The van der Waals surface area contributed by atoms with Crippen LogP contribution in [0.25, 0.3) is 0 Å². The monoisotopic (exact) mass is 871 g/mol. The summed E-state index contributed by atoms with van der Waals surface area (Å²) in [6.45, 7) is 6.56. The largest absolute Gasteiger partial charge is 0.462 e. The van der Waals surface area contributed by atoms with Crippen LogP contribution in [-0.4, -0.2) is 37.2 Å². The topological polar surface area (TPSA) is 78.9 Å². The van der Waals surface area contributed by atoms with Crippen LogP contribution in [0, 0.1) is 0 Å². The number of hydrogen-bond acceptors (Lipinski definition) is 6. The molecule has 0 fully saturated rings. The van der Waals surface area contributed by atoms with Gasteiger partial charge in [0.15, 0.2) is 6.10 Å². The van der Waals surface area contributed by atoms with E-state index in [1.54, 1.807) is 0 Å². The summed E-state index contributed by atoms with van der Waals surface area (Å²) >= 11 is 0. The van der Waals surface area contributed by atoms with Gasteiger partial charge in [-0.2, -0.15) is 0 Å². The molecule has 0 aromatic rings. The van der Waals surface area contributed by atoms with E-state index < -0.39 is 6.10 Å². The van der Waals surface area contributed by atoms with Crippen molar-refractivity contribution in [3.8, 4) is 0 Å². The predicted octanol–water partition coefficient (Wildman–Crippen LogP) is 17.7. The molecule has 0 heterocycles. The highest BCUT2D eigenvalue weighted by atomic mass is 16.6. The lowest BCUT2D eigenvalue weighted by Crippen LogP contribution is -2.30. The third-order valence-electron chi connectivity index (χ3n) is 11.8. The fourth-order valence-corrected chi connectivity index (χ4v) is 7.77. The van der Waals surface area contributed by atoms with Crippen molar-refractivity contribution in [2.45, 2.75) is 290 Å². The van der Waals surface area contributed by atoms with Crippen LogP contribution < -0.4 is 0 Å². The van der Waals surface area contributed by atoms with Crippen LogP contribution in [0.15, 0.2) is 36.5 Å². The van der Waals surface area contributed by atoms with Crippen molar-refractivity contribution in [3.05, 3.63) is 36.5 Å². The molecule has 0 aliphatic carbocycles. The fraction of sp³-hybridized carbons (Fsp3) is 0.839. The van der Waals surface area contributed by atoms with Crippen molar-refractivity contribution in [3.63, 3.8) is 0 Å². The summed E-state index contributed by atoms with van der Waals surface area (Å²) in [7, 11) is 0. The summed E-state index contributed by atoms with van der Waals surface area (Å²) in [5, 5.41) is 0. The van der Waals surface area contributed by atoms with E-state index in [0.29, 0.717) is 19.3 Å². The Hall–Kier alpha value is -2.37. The first-order valence-electron chi connectivity index (χ1n) is 27.0. The minimum absolute atomic E-state index is 0.0774. The number of rotatable bonds is 49. The van der Waals surface area contributed by atoms with Gasteiger partial charge in [-0.15, -0.1) is 0 Å². The van der Waals surface area contributed by atoms with E-state index in [4.69, 9.17) is 14.2 Å². The molecule has 0 rings (SSSR count). The molecule has 6 heteroatoms. The molecule has 0 N–H and O–H groups in total. The summed E-state index contributed by atoms with van der Waals surface area (Å²) < 4.78 is 16.8. The molecule has 0 aliphatic rings. The maximum Gasteiger partial charge on any atom is 0.306 e. The maximum absolute atomic E-state index is 12.8. The number of allylic oxidation sites excluding steroid dienone is 6.